The van der Waals surface area contributed by atoms with E-state index in [0.717, 1.165) is 30.5 Å². The Morgan fingerprint density at radius 3 is 2.96 bits per heavy atom. The van der Waals surface area contributed by atoms with E-state index in [1.165, 1.54) is 16.9 Å². The molecule has 0 saturated carbocycles. The highest BCUT2D eigenvalue weighted by atomic mass is 32.1. The van der Waals surface area contributed by atoms with Gasteiger partial charge in [-0.05, 0) is 42.5 Å². The Morgan fingerprint density at radius 1 is 1.38 bits per heavy atom. The lowest BCUT2D eigenvalue weighted by Gasteiger charge is -2.26. The van der Waals surface area contributed by atoms with Gasteiger partial charge in [0.15, 0.2) is 5.13 Å². The lowest BCUT2D eigenvalue weighted by atomic mass is 9.87. The minimum atomic E-state index is -0.106. The van der Waals surface area contributed by atoms with Crippen LogP contribution in [-0.4, -0.2) is 16.8 Å². The number of nitrogens with two attached hydrogens (primary N) is 1. The minimum absolute atomic E-state index is 0.0191. The fourth-order valence-corrected chi connectivity index (χ4v) is 3.80. The molecule has 1 unspecified atom stereocenters. The minimum Gasteiger partial charge on any atom is -0.399 e. The number of thiazole rings is 1. The van der Waals surface area contributed by atoms with Crippen LogP contribution in [0.1, 0.15) is 49.6 Å². The number of aromatic nitrogens is 1. The number of nitrogens with one attached hydrogen (secondary N) is 2. The molecule has 4 N–H and O–H groups in total. The van der Waals surface area contributed by atoms with E-state index in [2.05, 4.69) is 15.6 Å². The number of carbonyl (C=O) groups excluding carboxylic acids is 2. The van der Waals surface area contributed by atoms with Gasteiger partial charge in [-0.2, -0.15) is 0 Å². The lowest BCUT2D eigenvalue weighted by Crippen LogP contribution is -2.32. The number of aryl methyl sites for hydroxylation is 1. The number of carbonyl (C=O) groups is 2. The summed E-state index contributed by atoms with van der Waals surface area (Å²) in [4.78, 5) is 28.5. The Hall–Kier alpha value is -2.41. The predicted octanol–water partition coefficient (Wildman–Crippen LogP) is 3.06. The van der Waals surface area contributed by atoms with Gasteiger partial charge in [-0.15, -0.1) is 11.3 Å². The van der Waals surface area contributed by atoms with Crippen LogP contribution in [0.5, 0.6) is 0 Å². The zero-order valence-corrected chi connectivity index (χ0v) is 15.9. The molecule has 2 amide bonds. The normalized spacial score (nSPS) is 16.2. The van der Waals surface area contributed by atoms with Crippen LogP contribution in [0, 0.1) is 5.92 Å². The summed E-state index contributed by atoms with van der Waals surface area (Å²) in [5.74, 6) is -0.244. The van der Waals surface area contributed by atoms with Crippen LogP contribution in [0.25, 0.3) is 0 Å². The van der Waals surface area contributed by atoms with Crippen molar-refractivity contribution < 1.29 is 9.59 Å². The molecule has 1 aromatic carbocycles. The first kappa shape index (κ1) is 18.4. The van der Waals surface area contributed by atoms with Crippen LogP contribution in [0.15, 0.2) is 23.6 Å². The van der Waals surface area contributed by atoms with Crippen molar-refractivity contribution in [2.75, 3.05) is 11.1 Å². The van der Waals surface area contributed by atoms with Gasteiger partial charge in [0.05, 0.1) is 18.2 Å². The second kappa shape index (κ2) is 7.86. The molecular formula is C19H24N4O2S. The molecule has 26 heavy (non-hydrogen) atoms. The summed E-state index contributed by atoms with van der Waals surface area (Å²) in [7, 11) is 0. The molecule has 1 aromatic heterocycles. The van der Waals surface area contributed by atoms with E-state index in [-0.39, 0.29) is 30.2 Å². The number of rotatable bonds is 5. The quantitative estimate of drug-likeness (QED) is 0.703. The van der Waals surface area contributed by atoms with E-state index in [1.807, 2.05) is 37.4 Å². The lowest BCUT2D eigenvalue weighted by molar-refractivity contribution is -0.121. The Bertz CT molecular complexity index is 816. The Balaban J connectivity index is 1.60. The van der Waals surface area contributed by atoms with Crippen LogP contribution in [-0.2, 0) is 22.4 Å². The second-order valence-corrected chi connectivity index (χ2v) is 7.79. The molecular weight excluding hydrogens is 348 g/mol. The van der Waals surface area contributed by atoms with Crippen LogP contribution in [0.3, 0.4) is 0 Å². The molecule has 0 aliphatic heterocycles. The van der Waals surface area contributed by atoms with Gasteiger partial charge < -0.3 is 16.4 Å². The molecule has 0 bridgehead atoms. The Labute approximate surface area is 157 Å². The van der Waals surface area contributed by atoms with E-state index in [9.17, 15) is 9.59 Å². The van der Waals surface area contributed by atoms with Gasteiger partial charge in [0.25, 0.3) is 0 Å². The van der Waals surface area contributed by atoms with Crippen LogP contribution >= 0.6 is 11.3 Å². The molecule has 0 fully saturated rings. The highest BCUT2D eigenvalue weighted by Gasteiger charge is 2.22. The molecule has 2 aromatic rings. The van der Waals surface area contributed by atoms with Crippen molar-refractivity contribution in [3.63, 3.8) is 0 Å². The van der Waals surface area contributed by atoms with Gasteiger partial charge in [0.1, 0.15) is 0 Å². The molecule has 1 heterocycles. The summed E-state index contributed by atoms with van der Waals surface area (Å²) < 4.78 is 0. The van der Waals surface area contributed by atoms with Crippen LogP contribution in [0.4, 0.5) is 10.8 Å². The van der Waals surface area contributed by atoms with Gasteiger partial charge in [0.2, 0.25) is 11.8 Å². The first-order valence-electron chi connectivity index (χ1n) is 8.85. The van der Waals surface area contributed by atoms with Crippen LogP contribution in [0.2, 0.25) is 0 Å². The molecule has 1 aliphatic carbocycles. The SMILES string of the molecule is CC(C)C(=O)Nc1nc(CC(=O)NC2CCCc3cc(N)ccc32)cs1. The molecule has 0 radical (unpaired) electrons. The van der Waals surface area contributed by atoms with E-state index in [4.69, 9.17) is 5.73 Å². The average Bonchev–Trinajstić information content (AvgIpc) is 3.01. The molecule has 3 rings (SSSR count). The second-order valence-electron chi connectivity index (χ2n) is 6.94. The number of fused-ring (bicyclic) bond motifs is 1. The van der Waals surface area contributed by atoms with E-state index in [0.29, 0.717) is 10.8 Å². The highest BCUT2D eigenvalue weighted by molar-refractivity contribution is 7.13. The summed E-state index contributed by atoms with van der Waals surface area (Å²) in [5.41, 5.74) is 9.66. The zero-order valence-electron chi connectivity index (χ0n) is 15.0. The fourth-order valence-electron chi connectivity index (χ4n) is 3.09. The smallest absolute Gasteiger partial charge is 0.228 e. The third kappa shape index (κ3) is 4.40. The number of anilines is 2. The number of hydrogen-bond donors (Lipinski definition) is 3. The molecule has 0 spiro atoms. The fraction of sp³-hybridized carbons (Fsp3) is 0.421. The molecule has 7 heteroatoms. The highest BCUT2D eigenvalue weighted by Crippen LogP contribution is 2.31. The van der Waals surface area contributed by atoms with E-state index < -0.39 is 0 Å². The first-order valence-corrected chi connectivity index (χ1v) is 9.73. The van der Waals surface area contributed by atoms with Crippen LogP contribution < -0.4 is 16.4 Å². The molecule has 138 valence electrons. The monoisotopic (exact) mass is 372 g/mol. The third-order valence-corrected chi connectivity index (χ3v) is 5.27. The van der Waals surface area contributed by atoms with E-state index >= 15 is 0 Å². The van der Waals surface area contributed by atoms with Crippen molar-refractivity contribution >= 4 is 34.0 Å². The van der Waals surface area contributed by atoms with E-state index in [1.54, 1.807) is 0 Å². The zero-order chi connectivity index (χ0) is 18.7. The molecule has 6 nitrogen and oxygen atoms in total. The summed E-state index contributed by atoms with van der Waals surface area (Å²) >= 11 is 1.34. The van der Waals surface area contributed by atoms with Crippen molar-refractivity contribution in [2.24, 2.45) is 5.92 Å². The van der Waals surface area contributed by atoms with Gasteiger partial charge in [0, 0.05) is 17.0 Å². The van der Waals surface area contributed by atoms with Crippen molar-refractivity contribution in [3.05, 3.63) is 40.4 Å². The Kier molecular flexibility index (Phi) is 5.56. The molecule has 1 atom stereocenters. The van der Waals surface area contributed by atoms with Gasteiger partial charge in [-0.25, -0.2) is 4.98 Å². The number of hydrogen-bond acceptors (Lipinski definition) is 5. The summed E-state index contributed by atoms with van der Waals surface area (Å²) in [5, 5.41) is 8.21. The maximum atomic E-state index is 12.4. The van der Waals surface area contributed by atoms with Crippen molar-refractivity contribution in [2.45, 2.75) is 45.6 Å². The number of nitrogen functional groups attached to an aromatic ring is 1. The number of nitrogens with zero attached hydrogens (tertiary/aromatic N) is 1. The van der Waals surface area contributed by atoms with Gasteiger partial charge in [-0.1, -0.05) is 19.9 Å². The van der Waals surface area contributed by atoms with Gasteiger partial charge >= 0.3 is 0 Å². The number of benzene rings is 1. The summed E-state index contributed by atoms with van der Waals surface area (Å²) in [6, 6.07) is 5.91. The average molecular weight is 372 g/mol. The predicted molar refractivity (Wildman–Crippen MR) is 104 cm³/mol. The van der Waals surface area contributed by atoms with Crippen molar-refractivity contribution in [1.82, 2.24) is 10.3 Å². The van der Waals surface area contributed by atoms with Gasteiger partial charge in [-0.3, -0.25) is 9.59 Å². The largest absolute Gasteiger partial charge is 0.399 e. The maximum Gasteiger partial charge on any atom is 0.228 e. The number of amides is 2. The third-order valence-electron chi connectivity index (χ3n) is 4.46. The topological polar surface area (TPSA) is 97.1 Å². The standard InChI is InChI=1S/C19H24N4O2S/c1-11(2)18(25)23-19-21-14(10-26-19)9-17(24)22-16-5-3-4-12-8-13(20)6-7-15(12)16/h6-8,10-11,16H,3-5,9,20H2,1-2H3,(H,22,24)(H,21,23,25). The maximum absolute atomic E-state index is 12.4. The molecule has 0 saturated heterocycles. The summed E-state index contributed by atoms with van der Waals surface area (Å²) in [6.45, 7) is 3.65. The van der Waals surface area contributed by atoms with Crippen molar-refractivity contribution in [3.8, 4) is 0 Å². The van der Waals surface area contributed by atoms with Crippen molar-refractivity contribution in [1.29, 1.82) is 0 Å². The first-order chi connectivity index (χ1) is 12.4. The molecule has 1 aliphatic rings. The summed E-state index contributed by atoms with van der Waals surface area (Å²) in [6.07, 6.45) is 3.16. The Morgan fingerprint density at radius 2 is 2.19 bits per heavy atom.